The molecule has 2 aromatic carbocycles. The molecule has 0 atom stereocenters. The highest BCUT2D eigenvalue weighted by atomic mass is 32.2. The number of ether oxygens (including phenoxy) is 2. The van der Waals surface area contributed by atoms with Crippen molar-refractivity contribution in [3.63, 3.8) is 0 Å². The average Bonchev–Trinajstić information content (AvgIpc) is 3.21. The van der Waals surface area contributed by atoms with Gasteiger partial charge in [0.05, 0.1) is 26.5 Å². The normalized spacial score (nSPS) is 10.9. The molecule has 0 aliphatic carbocycles. The second-order valence-corrected chi connectivity index (χ2v) is 8.67. The summed E-state index contributed by atoms with van der Waals surface area (Å²) in [6.07, 6.45) is 3.12. The highest BCUT2D eigenvalue weighted by molar-refractivity contribution is 7.99. The Bertz CT molecular complexity index is 1220. The Hall–Kier alpha value is -3.79. The fraction of sp³-hybridized carbons (Fsp3) is 0.280. The number of thioether (sulfide) groups is 1. The van der Waals surface area contributed by atoms with Gasteiger partial charge >= 0.3 is 0 Å². The van der Waals surface area contributed by atoms with Gasteiger partial charge < -0.3 is 24.7 Å². The maximum atomic E-state index is 12.4. The summed E-state index contributed by atoms with van der Waals surface area (Å²) < 4.78 is 12.3. The van der Waals surface area contributed by atoms with Gasteiger partial charge in [0.2, 0.25) is 11.8 Å². The van der Waals surface area contributed by atoms with Crippen molar-refractivity contribution in [3.8, 4) is 11.5 Å². The van der Waals surface area contributed by atoms with Gasteiger partial charge in [0, 0.05) is 18.8 Å². The smallest absolute Gasteiger partial charge is 0.244 e. The maximum Gasteiger partial charge on any atom is 0.244 e. The number of nitrogens with one attached hydrogen (secondary N) is 2. The molecule has 0 bridgehead atoms. The van der Waals surface area contributed by atoms with Gasteiger partial charge in [0.15, 0.2) is 22.5 Å². The van der Waals surface area contributed by atoms with Crippen LogP contribution in [0.4, 0.5) is 5.69 Å². The molecule has 9 nitrogen and oxygen atoms in total. The number of amides is 2. The molecule has 0 saturated carbocycles. The van der Waals surface area contributed by atoms with Crippen molar-refractivity contribution < 1.29 is 19.1 Å². The molecule has 2 amide bonds. The SMILES string of the molecule is COc1ccc(C=CC(=O)NCc2nnc(SCC(=O)Nc3c(C)cccc3C)n2C)cc1OC. The average molecular weight is 496 g/mol. The minimum Gasteiger partial charge on any atom is -0.493 e. The fourth-order valence-electron chi connectivity index (χ4n) is 3.30. The van der Waals surface area contributed by atoms with Gasteiger partial charge in [-0.3, -0.25) is 9.59 Å². The largest absolute Gasteiger partial charge is 0.493 e. The third-order valence-corrected chi connectivity index (χ3v) is 6.28. The van der Waals surface area contributed by atoms with Crippen LogP contribution in [-0.4, -0.2) is 46.6 Å². The molecule has 0 aliphatic rings. The number of anilines is 1. The van der Waals surface area contributed by atoms with Gasteiger partial charge in [-0.05, 0) is 48.7 Å². The Morgan fingerprint density at radius 1 is 1.06 bits per heavy atom. The van der Waals surface area contributed by atoms with Crippen LogP contribution in [-0.2, 0) is 23.2 Å². The number of para-hydroxylation sites is 1. The van der Waals surface area contributed by atoms with E-state index in [1.165, 1.54) is 17.8 Å². The van der Waals surface area contributed by atoms with Gasteiger partial charge in [-0.2, -0.15) is 0 Å². The van der Waals surface area contributed by atoms with Gasteiger partial charge in [-0.15, -0.1) is 10.2 Å². The molecule has 0 unspecified atom stereocenters. The summed E-state index contributed by atoms with van der Waals surface area (Å²) in [5, 5.41) is 14.6. The second-order valence-electron chi connectivity index (χ2n) is 7.73. The first-order valence-electron chi connectivity index (χ1n) is 10.9. The molecule has 0 saturated heterocycles. The number of benzene rings is 2. The van der Waals surface area contributed by atoms with E-state index in [0.717, 1.165) is 22.4 Å². The van der Waals surface area contributed by atoms with Crippen LogP contribution in [0.25, 0.3) is 6.08 Å². The number of aromatic nitrogens is 3. The summed E-state index contributed by atoms with van der Waals surface area (Å²) in [4.78, 5) is 24.7. The van der Waals surface area contributed by atoms with Crippen molar-refractivity contribution in [2.24, 2.45) is 7.05 Å². The topological polar surface area (TPSA) is 107 Å². The number of hydrogen-bond donors (Lipinski definition) is 2. The van der Waals surface area contributed by atoms with E-state index in [0.29, 0.717) is 22.5 Å². The minimum absolute atomic E-state index is 0.120. The molecular formula is C25H29N5O4S. The summed E-state index contributed by atoms with van der Waals surface area (Å²) in [6, 6.07) is 11.3. The van der Waals surface area contributed by atoms with E-state index < -0.39 is 0 Å². The number of carbonyl (C=O) groups is 2. The van der Waals surface area contributed by atoms with Crippen LogP contribution < -0.4 is 20.1 Å². The number of carbonyl (C=O) groups excluding carboxylic acids is 2. The molecular weight excluding hydrogens is 466 g/mol. The number of hydrogen-bond acceptors (Lipinski definition) is 7. The van der Waals surface area contributed by atoms with Crippen LogP contribution in [0.1, 0.15) is 22.5 Å². The Balaban J connectivity index is 1.51. The molecule has 1 aromatic heterocycles. The Labute approximate surface area is 208 Å². The van der Waals surface area contributed by atoms with E-state index in [4.69, 9.17) is 9.47 Å². The number of nitrogens with zero attached hydrogens (tertiary/aromatic N) is 3. The van der Waals surface area contributed by atoms with E-state index in [-0.39, 0.29) is 24.1 Å². The number of aryl methyl sites for hydroxylation is 2. The van der Waals surface area contributed by atoms with Crippen molar-refractivity contribution in [2.45, 2.75) is 25.5 Å². The van der Waals surface area contributed by atoms with Crippen LogP contribution in [0.2, 0.25) is 0 Å². The van der Waals surface area contributed by atoms with E-state index in [1.807, 2.05) is 38.1 Å². The fourth-order valence-corrected chi connectivity index (χ4v) is 4.03. The van der Waals surface area contributed by atoms with Crippen LogP contribution in [0.3, 0.4) is 0 Å². The molecule has 0 fully saturated rings. The minimum atomic E-state index is -0.273. The van der Waals surface area contributed by atoms with Crippen LogP contribution in [0, 0.1) is 13.8 Å². The zero-order chi connectivity index (χ0) is 25.4. The molecule has 2 N–H and O–H groups in total. The number of methoxy groups -OCH3 is 2. The Morgan fingerprint density at radius 3 is 2.46 bits per heavy atom. The van der Waals surface area contributed by atoms with E-state index in [1.54, 1.807) is 44.0 Å². The van der Waals surface area contributed by atoms with Crippen molar-refractivity contribution >= 4 is 35.3 Å². The van der Waals surface area contributed by atoms with Crippen molar-refractivity contribution in [1.82, 2.24) is 20.1 Å². The number of rotatable bonds is 10. The zero-order valence-corrected chi connectivity index (χ0v) is 21.2. The zero-order valence-electron chi connectivity index (χ0n) is 20.4. The first-order valence-corrected chi connectivity index (χ1v) is 11.9. The summed E-state index contributed by atoms with van der Waals surface area (Å²) in [6.45, 7) is 4.12. The monoisotopic (exact) mass is 495 g/mol. The van der Waals surface area contributed by atoms with Crippen molar-refractivity contribution in [1.29, 1.82) is 0 Å². The van der Waals surface area contributed by atoms with E-state index in [2.05, 4.69) is 20.8 Å². The van der Waals surface area contributed by atoms with Crippen LogP contribution >= 0.6 is 11.8 Å². The first kappa shape index (κ1) is 25.8. The molecule has 1 heterocycles. The highest BCUT2D eigenvalue weighted by Gasteiger charge is 2.13. The summed E-state index contributed by atoms with van der Waals surface area (Å²) >= 11 is 1.28. The first-order chi connectivity index (χ1) is 16.8. The quantitative estimate of drug-likeness (QED) is 0.327. The maximum absolute atomic E-state index is 12.4. The molecule has 0 aliphatic heterocycles. The summed E-state index contributed by atoms with van der Waals surface area (Å²) in [7, 11) is 4.92. The third kappa shape index (κ3) is 6.86. The van der Waals surface area contributed by atoms with Gasteiger partial charge in [0.1, 0.15) is 0 Å². The Morgan fingerprint density at radius 2 is 1.77 bits per heavy atom. The van der Waals surface area contributed by atoms with Crippen LogP contribution in [0.5, 0.6) is 11.5 Å². The van der Waals surface area contributed by atoms with Crippen molar-refractivity contribution in [3.05, 3.63) is 65.0 Å². The third-order valence-electron chi connectivity index (χ3n) is 5.26. The molecule has 3 aromatic rings. The molecule has 0 spiro atoms. The van der Waals surface area contributed by atoms with Gasteiger partial charge in [-0.25, -0.2) is 0 Å². The lowest BCUT2D eigenvalue weighted by Crippen LogP contribution is -2.22. The standard InChI is InChI=1S/C25H29N5O4S/c1-16-7-6-8-17(2)24(16)27-23(32)15-35-25-29-28-21(30(25)3)14-26-22(31)12-10-18-9-11-19(33-4)20(13-18)34-5/h6-13H,14-15H2,1-5H3,(H,26,31)(H,27,32). The van der Waals surface area contributed by atoms with Crippen molar-refractivity contribution in [2.75, 3.05) is 25.3 Å². The highest BCUT2D eigenvalue weighted by Crippen LogP contribution is 2.28. The predicted molar refractivity (Wildman–Crippen MR) is 137 cm³/mol. The van der Waals surface area contributed by atoms with Gasteiger partial charge in [-0.1, -0.05) is 36.0 Å². The summed E-state index contributed by atoms with van der Waals surface area (Å²) in [5.41, 5.74) is 3.66. The lowest BCUT2D eigenvalue weighted by atomic mass is 10.1. The van der Waals surface area contributed by atoms with Crippen LogP contribution in [0.15, 0.2) is 47.6 Å². The van der Waals surface area contributed by atoms with Gasteiger partial charge in [0.25, 0.3) is 0 Å². The molecule has 0 radical (unpaired) electrons. The van der Waals surface area contributed by atoms with E-state index in [9.17, 15) is 9.59 Å². The summed E-state index contributed by atoms with van der Waals surface area (Å²) in [5.74, 6) is 1.58. The molecule has 184 valence electrons. The lowest BCUT2D eigenvalue weighted by Gasteiger charge is -2.11. The lowest BCUT2D eigenvalue weighted by molar-refractivity contribution is -0.116. The molecule has 35 heavy (non-hydrogen) atoms. The van der Waals surface area contributed by atoms with E-state index >= 15 is 0 Å². The Kier molecular flexibility index (Phi) is 8.91. The second kappa shape index (κ2) is 12.1. The molecule has 10 heteroatoms. The predicted octanol–water partition coefficient (Wildman–Crippen LogP) is 3.51. The molecule has 3 rings (SSSR count).